The molecule has 128 valence electrons. The van der Waals surface area contributed by atoms with Crippen LogP contribution in [0.1, 0.15) is 31.7 Å². The van der Waals surface area contributed by atoms with Crippen LogP contribution in [0.2, 0.25) is 10.0 Å². The molecule has 1 saturated carbocycles. The van der Waals surface area contributed by atoms with Crippen LogP contribution in [0.3, 0.4) is 0 Å². The molecule has 25 heavy (non-hydrogen) atoms. The van der Waals surface area contributed by atoms with Crippen molar-refractivity contribution < 1.29 is 0 Å². The Hall–Kier alpha value is -2.11. The van der Waals surface area contributed by atoms with Gasteiger partial charge in [-0.05, 0) is 37.1 Å². The third kappa shape index (κ3) is 3.22. The lowest BCUT2D eigenvalue weighted by Gasteiger charge is -2.16. The molecule has 1 N–H and O–H groups in total. The summed E-state index contributed by atoms with van der Waals surface area (Å²) in [5.41, 5.74) is 1.38. The first-order chi connectivity index (χ1) is 12.1. The van der Waals surface area contributed by atoms with Gasteiger partial charge in [-0.15, -0.1) is 0 Å². The molecule has 1 fully saturated rings. The predicted octanol–water partition coefficient (Wildman–Crippen LogP) is 4.96. The van der Waals surface area contributed by atoms with Crippen LogP contribution in [0.5, 0.6) is 0 Å². The molecule has 1 aromatic carbocycles. The van der Waals surface area contributed by atoms with Gasteiger partial charge in [0.1, 0.15) is 5.65 Å². The van der Waals surface area contributed by atoms with Crippen LogP contribution in [0.4, 0.5) is 11.6 Å². The minimum atomic E-state index is -0.0152. The number of hydrogen-bond donors (Lipinski definition) is 1. The van der Waals surface area contributed by atoms with Crippen LogP contribution in [0.15, 0.2) is 41.3 Å². The van der Waals surface area contributed by atoms with Gasteiger partial charge in [-0.1, -0.05) is 36.0 Å². The van der Waals surface area contributed by atoms with E-state index in [-0.39, 0.29) is 11.6 Å². The van der Waals surface area contributed by atoms with Crippen molar-refractivity contribution in [2.24, 2.45) is 0 Å². The number of nitrogens with one attached hydrogen (secondary N) is 1. The van der Waals surface area contributed by atoms with Gasteiger partial charge >= 0.3 is 0 Å². The highest BCUT2D eigenvalue weighted by Crippen LogP contribution is 2.31. The normalized spacial score (nSPS) is 15.0. The number of pyridine rings is 1. The van der Waals surface area contributed by atoms with Gasteiger partial charge in [-0.3, -0.25) is 9.36 Å². The number of anilines is 2. The molecule has 0 aliphatic heterocycles. The topological polar surface area (TPSA) is 59.8 Å². The molecule has 0 bridgehead atoms. The van der Waals surface area contributed by atoms with E-state index in [1.54, 1.807) is 36.5 Å². The molecular weight excluding hydrogens is 359 g/mol. The summed E-state index contributed by atoms with van der Waals surface area (Å²) < 4.78 is 1.81. The Morgan fingerprint density at radius 2 is 1.88 bits per heavy atom. The first-order valence-electron chi connectivity index (χ1n) is 8.22. The summed E-state index contributed by atoms with van der Waals surface area (Å²) in [6.45, 7) is 0. The van der Waals surface area contributed by atoms with Gasteiger partial charge in [0.25, 0.3) is 5.56 Å². The van der Waals surface area contributed by atoms with Crippen molar-refractivity contribution in [1.82, 2.24) is 14.5 Å². The van der Waals surface area contributed by atoms with E-state index in [1.807, 2.05) is 4.57 Å². The molecular formula is C18H16Cl2N4O. The highest BCUT2D eigenvalue weighted by molar-refractivity contribution is 6.42. The molecule has 0 amide bonds. The molecule has 5 nitrogen and oxygen atoms in total. The third-order valence-corrected chi connectivity index (χ3v) is 5.27. The Morgan fingerprint density at radius 3 is 2.64 bits per heavy atom. The minimum Gasteiger partial charge on any atom is -0.324 e. The summed E-state index contributed by atoms with van der Waals surface area (Å²) in [6.07, 6.45) is 6.05. The number of fused-ring (bicyclic) bond motifs is 1. The van der Waals surface area contributed by atoms with E-state index in [9.17, 15) is 4.79 Å². The van der Waals surface area contributed by atoms with Gasteiger partial charge < -0.3 is 5.32 Å². The molecule has 2 aromatic heterocycles. The van der Waals surface area contributed by atoms with Crippen molar-refractivity contribution in [1.29, 1.82) is 0 Å². The third-order valence-electron chi connectivity index (χ3n) is 4.53. The SMILES string of the molecule is O=c1ccc2cnc(Nc3ccc(Cl)c(Cl)c3)nc2n1C1CCCC1. The van der Waals surface area contributed by atoms with E-state index in [0.29, 0.717) is 21.6 Å². The van der Waals surface area contributed by atoms with Crippen LogP contribution in [0.25, 0.3) is 11.0 Å². The zero-order valence-corrected chi connectivity index (χ0v) is 14.9. The zero-order chi connectivity index (χ0) is 17.4. The zero-order valence-electron chi connectivity index (χ0n) is 13.4. The fraction of sp³-hybridized carbons (Fsp3) is 0.278. The molecule has 3 aromatic rings. The summed E-state index contributed by atoms with van der Waals surface area (Å²) in [6, 6.07) is 8.80. The molecule has 0 radical (unpaired) electrons. The lowest BCUT2D eigenvalue weighted by atomic mass is 10.2. The summed E-state index contributed by atoms with van der Waals surface area (Å²) in [4.78, 5) is 21.4. The molecule has 0 atom stereocenters. The maximum Gasteiger partial charge on any atom is 0.252 e. The van der Waals surface area contributed by atoms with Crippen molar-refractivity contribution >= 4 is 45.9 Å². The second-order valence-electron chi connectivity index (χ2n) is 6.21. The molecule has 7 heteroatoms. The Labute approximate surface area is 154 Å². The number of nitrogens with zero attached hydrogens (tertiary/aromatic N) is 3. The van der Waals surface area contributed by atoms with Crippen molar-refractivity contribution in [2.45, 2.75) is 31.7 Å². The standard InChI is InChI=1S/C18H16Cl2N4O/c19-14-7-6-12(9-15(14)20)22-18-21-10-11-5-8-16(25)24(17(11)23-18)13-3-1-2-4-13/h5-10,13H,1-4H2,(H,21,22,23). The second-order valence-corrected chi connectivity index (χ2v) is 7.02. The molecule has 1 aliphatic carbocycles. The number of rotatable bonds is 3. The first-order valence-corrected chi connectivity index (χ1v) is 8.98. The van der Waals surface area contributed by atoms with Gasteiger partial charge in [0.05, 0.1) is 10.0 Å². The van der Waals surface area contributed by atoms with Gasteiger partial charge in [0.2, 0.25) is 5.95 Å². The van der Waals surface area contributed by atoms with Gasteiger partial charge in [-0.25, -0.2) is 4.98 Å². The van der Waals surface area contributed by atoms with Crippen LogP contribution >= 0.6 is 23.2 Å². The largest absolute Gasteiger partial charge is 0.324 e. The average Bonchev–Trinajstić information content (AvgIpc) is 3.12. The number of benzene rings is 1. The lowest BCUT2D eigenvalue weighted by Crippen LogP contribution is -2.23. The monoisotopic (exact) mass is 374 g/mol. The molecule has 1 aliphatic rings. The predicted molar refractivity (Wildman–Crippen MR) is 101 cm³/mol. The lowest BCUT2D eigenvalue weighted by molar-refractivity contribution is 0.516. The fourth-order valence-electron chi connectivity index (χ4n) is 3.32. The van der Waals surface area contributed by atoms with Gasteiger partial charge in [0, 0.05) is 29.4 Å². The van der Waals surface area contributed by atoms with Crippen molar-refractivity contribution in [3.63, 3.8) is 0 Å². The second kappa shape index (κ2) is 6.65. The van der Waals surface area contributed by atoms with E-state index in [4.69, 9.17) is 23.2 Å². The van der Waals surface area contributed by atoms with E-state index in [0.717, 1.165) is 36.8 Å². The van der Waals surface area contributed by atoms with E-state index >= 15 is 0 Å². The van der Waals surface area contributed by atoms with Crippen molar-refractivity contribution in [3.8, 4) is 0 Å². The smallest absolute Gasteiger partial charge is 0.252 e. The van der Waals surface area contributed by atoms with E-state index in [2.05, 4.69) is 15.3 Å². The summed E-state index contributed by atoms with van der Waals surface area (Å²) in [7, 11) is 0. The highest BCUT2D eigenvalue weighted by atomic mass is 35.5. The summed E-state index contributed by atoms with van der Waals surface area (Å²) in [5.74, 6) is 0.420. The van der Waals surface area contributed by atoms with Gasteiger partial charge in [0.15, 0.2) is 0 Å². The molecule has 4 rings (SSSR count). The average molecular weight is 375 g/mol. The maximum absolute atomic E-state index is 12.4. The van der Waals surface area contributed by atoms with Gasteiger partial charge in [-0.2, -0.15) is 4.98 Å². The molecule has 2 heterocycles. The molecule has 0 unspecified atom stereocenters. The highest BCUT2D eigenvalue weighted by Gasteiger charge is 2.20. The first kappa shape index (κ1) is 16.4. The Kier molecular flexibility index (Phi) is 4.36. The summed E-state index contributed by atoms with van der Waals surface area (Å²) in [5, 5.41) is 4.92. The van der Waals surface area contributed by atoms with E-state index in [1.165, 1.54) is 0 Å². The molecule has 0 spiro atoms. The molecule has 0 saturated heterocycles. The van der Waals surface area contributed by atoms with Crippen LogP contribution in [-0.2, 0) is 0 Å². The quantitative estimate of drug-likeness (QED) is 0.703. The maximum atomic E-state index is 12.4. The number of hydrogen-bond acceptors (Lipinski definition) is 4. The van der Waals surface area contributed by atoms with Crippen molar-refractivity contribution in [3.05, 3.63) is 56.9 Å². The van der Waals surface area contributed by atoms with Crippen molar-refractivity contribution in [2.75, 3.05) is 5.32 Å². The van der Waals surface area contributed by atoms with Crippen LogP contribution < -0.4 is 10.9 Å². The van der Waals surface area contributed by atoms with Crippen LogP contribution in [0, 0.1) is 0 Å². The van der Waals surface area contributed by atoms with E-state index < -0.39 is 0 Å². The minimum absolute atomic E-state index is 0.0152. The fourth-order valence-corrected chi connectivity index (χ4v) is 3.62. The Morgan fingerprint density at radius 1 is 1.08 bits per heavy atom. The number of aromatic nitrogens is 3. The summed E-state index contributed by atoms with van der Waals surface area (Å²) >= 11 is 12.0. The Balaban J connectivity index is 1.77. The van der Waals surface area contributed by atoms with Crippen LogP contribution in [-0.4, -0.2) is 14.5 Å². The number of halogens is 2. The Bertz CT molecular complexity index is 996.